The maximum Gasteiger partial charge on any atom is 0.131 e. The van der Waals surface area contributed by atoms with Gasteiger partial charge in [-0.05, 0) is 81.5 Å². The van der Waals surface area contributed by atoms with Gasteiger partial charge in [0.25, 0.3) is 0 Å². The molecule has 2 nitrogen and oxygen atoms in total. The second kappa shape index (κ2) is 18.6. The maximum atomic E-state index is 15.6. The molecule has 0 saturated heterocycles. The van der Waals surface area contributed by atoms with Crippen LogP contribution in [0.25, 0.3) is 64.9 Å². The third-order valence-corrected chi connectivity index (χ3v) is 13.4. The number of hydrogen-bond acceptors (Lipinski definition) is 4. The molecule has 0 fully saturated rings. The summed E-state index contributed by atoms with van der Waals surface area (Å²) in [5, 5.41) is 2.31. The predicted molar refractivity (Wildman–Crippen MR) is 238 cm³/mol. The first-order valence-corrected chi connectivity index (χ1v) is 22.3. The molecule has 5 heteroatoms. The van der Waals surface area contributed by atoms with Gasteiger partial charge >= 0.3 is 0 Å². The molecule has 0 aliphatic heterocycles. The van der Waals surface area contributed by atoms with Crippen LogP contribution in [0, 0.1) is 17.7 Å². The highest BCUT2D eigenvalue weighted by Gasteiger charge is 2.21. The lowest BCUT2D eigenvalue weighted by Crippen LogP contribution is -2.04. The van der Waals surface area contributed by atoms with Crippen molar-refractivity contribution in [2.24, 2.45) is 11.8 Å². The first kappa shape index (κ1) is 39.1. The van der Waals surface area contributed by atoms with Crippen LogP contribution in [0.4, 0.5) is 4.39 Å². The van der Waals surface area contributed by atoms with Gasteiger partial charge < -0.3 is 0 Å². The highest BCUT2D eigenvalue weighted by atomic mass is 32.1. The van der Waals surface area contributed by atoms with Crippen LogP contribution in [0.15, 0.2) is 103 Å². The zero-order valence-corrected chi connectivity index (χ0v) is 34.7. The highest BCUT2D eigenvalue weighted by Crippen LogP contribution is 2.46. The molecule has 0 spiro atoms. The number of unbranched alkanes of at least 4 members (excludes halogenated alkanes) is 4. The fraction of sp³-hybridized carbons (Fsp3) is 0.360. The summed E-state index contributed by atoms with van der Waals surface area (Å²) in [6, 6.07) is 36.6. The van der Waals surface area contributed by atoms with Crippen LogP contribution >= 0.6 is 23.1 Å². The van der Waals surface area contributed by atoms with Crippen LogP contribution in [0.5, 0.6) is 0 Å². The molecule has 5 aromatic carbocycles. The van der Waals surface area contributed by atoms with Crippen molar-refractivity contribution < 1.29 is 4.39 Å². The van der Waals surface area contributed by atoms with Crippen LogP contribution in [0.3, 0.4) is 0 Å². The average molecular weight is 767 g/mol. The van der Waals surface area contributed by atoms with Crippen LogP contribution in [0.1, 0.15) is 103 Å². The van der Waals surface area contributed by atoms with Crippen molar-refractivity contribution in [3.63, 3.8) is 0 Å². The Morgan fingerprint density at radius 3 is 1.71 bits per heavy atom. The van der Waals surface area contributed by atoms with E-state index in [0.717, 1.165) is 69.4 Å². The van der Waals surface area contributed by atoms with Crippen molar-refractivity contribution in [3.05, 3.63) is 120 Å². The van der Waals surface area contributed by atoms with E-state index in [4.69, 9.17) is 8.75 Å². The molecule has 284 valence electrons. The average Bonchev–Trinajstić information content (AvgIpc) is 3.91. The lowest BCUT2D eigenvalue weighted by Gasteiger charge is -2.16. The third-order valence-electron chi connectivity index (χ3n) is 11.7. The van der Waals surface area contributed by atoms with Crippen LogP contribution in [0.2, 0.25) is 0 Å². The molecule has 0 aliphatic carbocycles. The van der Waals surface area contributed by atoms with Crippen molar-refractivity contribution in [1.82, 2.24) is 8.75 Å². The van der Waals surface area contributed by atoms with Crippen LogP contribution in [-0.2, 0) is 12.8 Å². The number of nitrogens with zero attached hydrogens (tertiary/aromatic N) is 2. The van der Waals surface area contributed by atoms with E-state index in [1.807, 2.05) is 29.5 Å². The van der Waals surface area contributed by atoms with E-state index in [1.54, 1.807) is 6.07 Å². The summed E-state index contributed by atoms with van der Waals surface area (Å²) in [6.45, 7) is 9.12. The number of rotatable bonds is 18. The van der Waals surface area contributed by atoms with Gasteiger partial charge in [-0.2, -0.15) is 8.75 Å². The summed E-state index contributed by atoms with van der Waals surface area (Å²) >= 11 is 3.09. The lowest BCUT2D eigenvalue weighted by molar-refractivity contribution is 0.442. The largest absolute Gasteiger partial charge is 0.206 e. The fourth-order valence-electron chi connectivity index (χ4n) is 8.33. The maximum absolute atomic E-state index is 15.6. The third kappa shape index (κ3) is 8.95. The van der Waals surface area contributed by atoms with Crippen molar-refractivity contribution in [3.8, 4) is 43.1 Å². The number of benzene rings is 5. The van der Waals surface area contributed by atoms with Gasteiger partial charge in [-0.1, -0.05) is 177 Å². The first-order chi connectivity index (χ1) is 27.0. The van der Waals surface area contributed by atoms with E-state index in [1.165, 1.54) is 95.8 Å². The fourth-order valence-corrected chi connectivity index (χ4v) is 9.97. The van der Waals surface area contributed by atoms with Gasteiger partial charge in [-0.15, -0.1) is 11.3 Å². The van der Waals surface area contributed by atoms with Gasteiger partial charge in [0.2, 0.25) is 0 Å². The smallest absolute Gasteiger partial charge is 0.131 e. The Balaban J connectivity index is 1.15. The van der Waals surface area contributed by atoms with E-state index in [2.05, 4.69) is 107 Å². The number of halogens is 1. The molecule has 0 radical (unpaired) electrons. The van der Waals surface area contributed by atoms with Gasteiger partial charge in [0.15, 0.2) is 0 Å². The normalized spacial score (nSPS) is 12.8. The molecule has 0 N–H and O–H groups in total. The molecule has 55 heavy (non-hydrogen) atoms. The Morgan fingerprint density at radius 2 is 1.09 bits per heavy atom. The number of hydrogen-bond donors (Lipinski definition) is 0. The minimum atomic E-state index is -0.149. The molecule has 0 amide bonds. The monoisotopic (exact) mass is 766 g/mol. The van der Waals surface area contributed by atoms with Gasteiger partial charge in [0.05, 0.1) is 11.7 Å². The molecule has 7 rings (SSSR count). The number of aromatic nitrogens is 2. The van der Waals surface area contributed by atoms with Crippen molar-refractivity contribution >= 4 is 44.9 Å². The molecule has 0 bridgehead atoms. The summed E-state index contributed by atoms with van der Waals surface area (Å²) in [4.78, 5) is 2.45. The van der Waals surface area contributed by atoms with Crippen LogP contribution in [-0.4, -0.2) is 8.75 Å². The Kier molecular flexibility index (Phi) is 13.2. The zero-order chi connectivity index (χ0) is 38.1. The van der Waals surface area contributed by atoms with E-state index < -0.39 is 0 Å². The zero-order valence-electron chi connectivity index (χ0n) is 33.0. The second-order valence-electron chi connectivity index (χ2n) is 15.5. The van der Waals surface area contributed by atoms with Crippen molar-refractivity contribution in [1.29, 1.82) is 0 Å². The van der Waals surface area contributed by atoms with Gasteiger partial charge in [0.1, 0.15) is 16.9 Å². The molecular formula is C50H55FN2S2. The highest BCUT2D eigenvalue weighted by molar-refractivity contribution is 7.19. The quantitative estimate of drug-likeness (QED) is 0.0813. The molecule has 2 atom stereocenters. The Bertz CT molecular complexity index is 2300. The molecule has 0 aliphatic rings. The van der Waals surface area contributed by atoms with E-state index in [0.29, 0.717) is 11.5 Å². The molecular weight excluding hydrogens is 712 g/mol. The molecule has 0 saturated carbocycles. The molecule has 2 unspecified atom stereocenters. The Morgan fingerprint density at radius 1 is 0.545 bits per heavy atom. The molecule has 2 heterocycles. The SMILES string of the molecule is CCCCCC(CC)Cc1ccc(-c2ccc(-c3c4ccccc4c(-c4ccc(-c5ccc(CC(CC)CCCCC)cc5F)cc4)c4nsnc34)s2)cc1. The molecule has 7 aromatic rings. The summed E-state index contributed by atoms with van der Waals surface area (Å²) in [5.41, 5.74) is 10.4. The summed E-state index contributed by atoms with van der Waals surface area (Å²) < 4.78 is 25.4. The summed E-state index contributed by atoms with van der Waals surface area (Å²) in [6.07, 6.45) is 14.7. The predicted octanol–water partition coefficient (Wildman–Crippen LogP) is 16.0. The minimum absolute atomic E-state index is 0.149. The molecule has 2 aromatic heterocycles. The van der Waals surface area contributed by atoms with Gasteiger partial charge in [-0.25, -0.2) is 4.39 Å². The second-order valence-corrected chi connectivity index (χ2v) is 17.1. The van der Waals surface area contributed by atoms with Gasteiger partial charge in [-0.3, -0.25) is 0 Å². The number of fused-ring (bicyclic) bond motifs is 2. The van der Waals surface area contributed by atoms with E-state index in [9.17, 15) is 0 Å². The summed E-state index contributed by atoms with van der Waals surface area (Å²) in [5.74, 6) is 1.22. The van der Waals surface area contributed by atoms with E-state index >= 15 is 4.39 Å². The number of thiophene rings is 1. The van der Waals surface area contributed by atoms with Crippen LogP contribution < -0.4 is 0 Å². The van der Waals surface area contributed by atoms with Gasteiger partial charge in [0, 0.05) is 26.4 Å². The minimum Gasteiger partial charge on any atom is -0.206 e. The Hall–Kier alpha value is -4.19. The topological polar surface area (TPSA) is 25.8 Å². The lowest BCUT2D eigenvalue weighted by atomic mass is 9.90. The van der Waals surface area contributed by atoms with E-state index in [-0.39, 0.29) is 5.82 Å². The standard InChI is InChI=1S/C50H55FN2S2/c1-5-9-11-15-34(7-3)31-36-19-22-39(23-20-36)45-29-30-46(54-45)48-43-18-14-13-17-42(43)47(49-50(48)53-55-52-49)40-26-24-38(25-27-40)41-28-21-37(33-44(41)51)32-35(8-4)16-12-10-6-2/h13-14,17-30,33-35H,5-12,15-16,31-32H2,1-4H3. The van der Waals surface area contributed by atoms with Crippen molar-refractivity contribution in [2.75, 3.05) is 0 Å². The Labute approximate surface area is 336 Å². The van der Waals surface area contributed by atoms with Crippen molar-refractivity contribution in [2.45, 2.75) is 105 Å². The summed E-state index contributed by atoms with van der Waals surface area (Å²) in [7, 11) is 0. The first-order valence-electron chi connectivity index (χ1n) is 20.8.